The van der Waals surface area contributed by atoms with E-state index in [-0.39, 0.29) is 6.54 Å². The van der Waals surface area contributed by atoms with Gasteiger partial charge in [0.15, 0.2) is 12.3 Å². The first-order valence-electron chi connectivity index (χ1n) is 10.9. The van der Waals surface area contributed by atoms with Crippen molar-refractivity contribution in [3.8, 4) is 0 Å². The highest BCUT2D eigenvalue weighted by molar-refractivity contribution is 6.03. The summed E-state index contributed by atoms with van der Waals surface area (Å²) in [5.74, 6) is 0. The Hall–Kier alpha value is -3.27. The van der Waals surface area contributed by atoms with Crippen molar-refractivity contribution in [2.75, 3.05) is 31.7 Å². The van der Waals surface area contributed by atoms with Gasteiger partial charge in [-0.25, -0.2) is 4.99 Å². The lowest BCUT2D eigenvalue weighted by atomic mass is 9.90. The van der Waals surface area contributed by atoms with Crippen molar-refractivity contribution in [2.45, 2.75) is 24.4 Å². The Morgan fingerprint density at radius 3 is 1.76 bits per heavy atom. The fourth-order valence-electron chi connectivity index (χ4n) is 3.74. The van der Waals surface area contributed by atoms with E-state index in [1.54, 1.807) is 0 Å². The Bertz CT molecular complexity index is 1010. The van der Waals surface area contributed by atoms with Crippen molar-refractivity contribution < 1.29 is 30.2 Å². The number of allylic oxidation sites excluding steroid dienone is 5. The zero-order valence-electron chi connectivity index (χ0n) is 19.0. The van der Waals surface area contributed by atoms with Gasteiger partial charge in [0, 0.05) is 30.6 Å². The topological polar surface area (TPSA) is 156 Å². The number of benzene rings is 2. The van der Waals surface area contributed by atoms with Crippen LogP contribution in [0.2, 0.25) is 0 Å². The maximum atomic E-state index is 10.3. The summed E-state index contributed by atoms with van der Waals surface area (Å²) in [6.45, 7) is -0.566. The van der Waals surface area contributed by atoms with E-state index < -0.39 is 31.0 Å². The normalized spacial score (nSPS) is 16.7. The number of nitrogen functional groups attached to an aromatic ring is 2. The fourth-order valence-corrected chi connectivity index (χ4v) is 3.74. The van der Waals surface area contributed by atoms with Crippen LogP contribution in [0.4, 0.5) is 11.4 Å². The zero-order valence-corrected chi connectivity index (χ0v) is 19.0. The van der Waals surface area contributed by atoms with Gasteiger partial charge in [-0.05, 0) is 58.7 Å². The third kappa shape index (κ3) is 6.19. The van der Waals surface area contributed by atoms with E-state index in [9.17, 15) is 15.3 Å². The summed E-state index contributed by atoms with van der Waals surface area (Å²) in [7, 11) is 1.29. The number of aliphatic hydroxyl groups is 4. The third-order valence-electron chi connectivity index (χ3n) is 5.66. The van der Waals surface area contributed by atoms with Crippen LogP contribution in [0.15, 0.2) is 78.4 Å². The molecule has 0 saturated carbocycles. The van der Waals surface area contributed by atoms with Crippen molar-refractivity contribution in [2.24, 2.45) is 0 Å². The first kappa shape index (κ1) is 25.4. The lowest BCUT2D eigenvalue weighted by molar-refractivity contribution is -0.471. The third-order valence-corrected chi connectivity index (χ3v) is 5.66. The molecule has 8 nitrogen and oxygen atoms in total. The van der Waals surface area contributed by atoms with Crippen LogP contribution in [0, 0.1) is 0 Å². The lowest BCUT2D eigenvalue weighted by Crippen LogP contribution is -2.76. The largest absolute Gasteiger partial charge is 0.399 e. The van der Waals surface area contributed by atoms with Gasteiger partial charge in [-0.1, -0.05) is 24.3 Å². The number of rotatable bonds is 9. The smallest absolute Gasteiger partial charge is 0.198 e. The molecule has 0 heterocycles. The van der Waals surface area contributed by atoms with E-state index in [2.05, 4.69) is 4.99 Å². The number of nitrogens with two attached hydrogens (primary N) is 2. The van der Waals surface area contributed by atoms with Crippen molar-refractivity contribution in [1.29, 1.82) is 0 Å². The molecule has 4 atom stereocenters. The molecule has 0 radical (unpaired) electrons. The second-order valence-corrected chi connectivity index (χ2v) is 8.09. The second kappa shape index (κ2) is 11.7. The van der Waals surface area contributed by atoms with Gasteiger partial charge in [-0.15, -0.1) is 0 Å². The molecule has 0 spiro atoms. The summed E-state index contributed by atoms with van der Waals surface area (Å²) in [6, 6.07) is 15.3. The highest BCUT2D eigenvalue weighted by Crippen LogP contribution is 2.30. The van der Waals surface area contributed by atoms with E-state index >= 15 is 0 Å². The molecule has 0 aromatic heterocycles. The van der Waals surface area contributed by atoms with E-state index in [0.29, 0.717) is 11.4 Å². The predicted octanol–water partition coefficient (Wildman–Crippen LogP) is -0.609. The van der Waals surface area contributed by atoms with Gasteiger partial charge < -0.3 is 36.6 Å². The standard InChI is InChI=1S/C26H31N3O5/c1-34-26(23(32)15-30)25(33)22(31)14-29-21-12-6-18(7-13-21)24(16-2-8-19(27)9-3-16)17-4-10-20(28)11-5-17/h2-13,22-23,25-26,30-33H,14-15,27-28H2,1H3/p+1. The van der Waals surface area contributed by atoms with Crippen molar-refractivity contribution in [3.63, 3.8) is 0 Å². The number of ether oxygens (including phenoxy) is 1. The molecule has 34 heavy (non-hydrogen) atoms. The van der Waals surface area contributed by atoms with Crippen LogP contribution in [0.3, 0.4) is 0 Å². The number of hydrogen-bond donors (Lipinski definition) is 7. The minimum Gasteiger partial charge on any atom is -0.399 e. The molecule has 8 heteroatoms. The predicted molar refractivity (Wildman–Crippen MR) is 133 cm³/mol. The maximum absolute atomic E-state index is 10.3. The van der Waals surface area contributed by atoms with Gasteiger partial charge in [0.25, 0.3) is 0 Å². The van der Waals surface area contributed by atoms with Crippen molar-refractivity contribution in [3.05, 3.63) is 89.5 Å². The Morgan fingerprint density at radius 2 is 1.32 bits per heavy atom. The quantitative estimate of drug-likeness (QED) is 0.243. The molecule has 0 fully saturated rings. The Balaban J connectivity index is 1.82. The summed E-state index contributed by atoms with van der Waals surface area (Å²) < 4.78 is 5.01. The molecule has 0 aliphatic heterocycles. The van der Waals surface area contributed by atoms with E-state index in [1.807, 2.05) is 72.8 Å². The monoisotopic (exact) mass is 466 g/mol. The van der Waals surface area contributed by atoms with Crippen LogP contribution in [0.5, 0.6) is 0 Å². The molecule has 3 rings (SSSR count). The first-order chi connectivity index (χ1) is 16.3. The van der Waals surface area contributed by atoms with E-state index in [0.717, 1.165) is 28.0 Å². The van der Waals surface area contributed by atoms with Gasteiger partial charge in [0.05, 0.1) is 6.61 Å². The molecule has 1 aliphatic rings. The molecule has 0 saturated heterocycles. The number of nitrogens with one attached hydrogen (secondary N) is 1. The van der Waals surface area contributed by atoms with Crippen molar-refractivity contribution >= 4 is 22.7 Å². The van der Waals surface area contributed by atoms with Gasteiger partial charge in [0.1, 0.15) is 24.4 Å². The van der Waals surface area contributed by atoms with Crippen LogP contribution >= 0.6 is 0 Å². The second-order valence-electron chi connectivity index (χ2n) is 8.09. The van der Waals surface area contributed by atoms with Crippen LogP contribution in [-0.2, 0) is 4.74 Å². The molecule has 0 bridgehead atoms. The van der Waals surface area contributed by atoms with Crippen LogP contribution in [0.25, 0.3) is 5.57 Å². The zero-order chi connectivity index (χ0) is 24.7. The molecule has 180 valence electrons. The fraction of sp³-hybridized carbons (Fsp3) is 0.269. The molecular weight excluding hydrogens is 434 g/mol. The SMILES string of the molecule is COC(C(O)CO)C(O)C(O)C[NH+]=C1C=CC(=C(c2ccc(N)cc2)c2ccc(N)cc2)C=C1. The highest BCUT2D eigenvalue weighted by atomic mass is 16.5. The van der Waals surface area contributed by atoms with Gasteiger partial charge in [-0.3, -0.25) is 0 Å². The summed E-state index contributed by atoms with van der Waals surface area (Å²) in [4.78, 5) is 3.07. The molecule has 0 amide bonds. The van der Waals surface area contributed by atoms with Crippen LogP contribution < -0.4 is 16.5 Å². The Kier molecular flexibility index (Phi) is 8.75. The number of hydrogen-bond acceptors (Lipinski definition) is 7. The molecule has 9 N–H and O–H groups in total. The van der Waals surface area contributed by atoms with Gasteiger partial charge >= 0.3 is 0 Å². The van der Waals surface area contributed by atoms with Crippen LogP contribution in [0.1, 0.15) is 11.1 Å². The molecule has 2 aromatic carbocycles. The molecule has 1 aliphatic carbocycles. The van der Waals surface area contributed by atoms with E-state index in [4.69, 9.17) is 21.3 Å². The summed E-state index contributed by atoms with van der Waals surface area (Å²) in [6.07, 6.45) is 2.65. The Labute approximate surface area is 198 Å². The summed E-state index contributed by atoms with van der Waals surface area (Å²) in [5, 5.41) is 39.4. The number of aliphatic hydroxyl groups excluding tert-OH is 4. The van der Waals surface area contributed by atoms with E-state index in [1.165, 1.54) is 7.11 Å². The maximum Gasteiger partial charge on any atom is 0.198 e. The first-order valence-corrected chi connectivity index (χ1v) is 10.9. The number of anilines is 2. The minimum atomic E-state index is -1.38. The molecule has 2 aromatic rings. The minimum absolute atomic E-state index is 0.0189. The molecule has 4 unspecified atom stereocenters. The highest BCUT2D eigenvalue weighted by Gasteiger charge is 2.33. The summed E-state index contributed by atoms with van der Waals surface area (Å²) in [5.41, 5.74) is 17.8. The van der Waals surface area contributed by atoms with Crippen LogP contribution in [-0.4, -0.2) is 70.8 Å². The molecular formula is C26H32N3O5+. The van der Waals surface area contributed by atoms with Gasteiger partial charge in [0.2, 0.25) is 0 Å². The average molecular weight is 467 g/mol. The lowest BCUT2D eigenvalue weighted by Gasteiger charge is -2.26. The Morgan fingerprint density at radius 1 is 0.824 bits per heavy atom. The van der Waals surface area contributed by atoms with Crippen molar-refractivity contribution in [1.82, 2.24) is 0 Å². The number of methoxy groups -OCH3 is 1. The van der Waals surface area contributed by atoms with Gasteiger partial charge in [-0.2, -0.15) is 0 Å². The summed E-state index contributed by atoms with van der Waals surface area (Å²) >= 11 is 0. The average Bonchev–Trinajstić information content (AvgIpc) is 2.86.